The Morgan fingerprint density at radius 2 is 2.40 bits per heavy atom. The summed E-state index contributed by atoms with van der Waals surface area (Å²) in [6.45, 7) is 3.38. The molecule has 1 aromatic rings. The van der Waals surface area contributed by atoms with Crippen LogP contribution in [0.4, 0.5) is 0 Å². The van der Waals surface area contributed by atoms with Crippen LogP contribution in [0.2, 0.25) is 5.15 Å². The Hall–Kier alpha value is -2.29. The van der Waals surface area contributed by atoms with Gasteiger partial charge in [-0.15, -0.1) is 0 Å². The van der Waals surface area contributed by atoms with Crippen LogP contribution < -0.4 is 0 Å². The van der Waals surface area contributed by atoms with Crippen molar-refractivity contribution in [2.45, 2.75) is 19.9 Å². The van der Waals surface area contributed by atoms with Crippen molar-refractivity contribution < 1.29 is 0 Å². The van der Waals surface area contributed by atoms with Gasteiger partial charge in [0.15, 0.2) is 0 Å². The van der Waals surface area contributed by atoms with E-state index in [0.29, 0.717) is 37.0 Å². The molecule has 0 radical (unpaired) electrons. The lowest BCUT2D eigenvalue weighted by Gasteiger charge is -2.23. The number of halogens is 1. The number of azide groups is 1. The van der Waals surface area contributed by atoms with Crippen molar-refractivity contribution in [2.24, 2.45) is 10.1 Å². The second-order valence-corrected chi connectivity index (χ2v) is 4.37. The van der Waals surface area contributed by atoms with E-state index >= 15 is 0 Å². The SMILES string of the molecule is CC(=NC#N)N(CCCN=[N+]=[N-])Cc1ccc(Cl)nc1. The van der Waals surface area contributed by atoms with Gasteiger partial charge in [-0.05, 0) is 30.5 Å². The zero-order chi connectivity index (χ0) is 14.8. The van der Waals surface area contributed by atoms with Crippen molar-refractivity contribution in [3.05, 3.63) is 39.5 Å². The molecule has 0 aromatic carbocycles. The molecule has 0 unspecified atom stereocenters. The van der Waals surface area contributed by atoms with E-state index in [1.807, 2.05) is 11.0 Å². The highest BCUT2D eigenvalue weighted by Crippen LogP contribution is 2.09. The van der Waals surface area contributed by atoms with Crippen LogP contribution in [0.3, 0.4) is 0 Å². The second-order valence-electron chi connectivity index (χ2n) is 3.98. The zero-order valence-corrected chi connectivity index (χ0v) is 11.8. The fraction of sp³-hybridized carbons (Fsp3) is 0.417. The molecule has 0 aliphatic rings. The maximum atomic E-state index is 8.64. The molecule has 1 heterocycles. The van der Waals surface area contributed by atoms with Crippen LogP contribution in [-0.4, -0.2) is 28.8 Å². The van der Waals surface area contributed by atoms with Crippen molar-refractivity contribution >= 4 is 17.4 Å². The van der Waals surface area contributed by atoms with Crippen LogP contribution in [0.15, 0.2) is 28.4 Å². The first-order valence-corrected chi connectivity index (χ1v) is 6.34. The van der Waals surface area contributed by atoms with Gasteiger partial charge in [-0.2, -0.15) is 10.3 Å². The molecular weight excluding hydrogens is 278 g/mol. The van der Waals surface area contributed by atoms with Crippen molar-refractivity contribution in [3.63, 3.8) is 0 Å². The van der Waals surface area contributed by atoms with Gasteiger partial charge in [0.25, 0.3) is 0 Å². The van der Waals surface area contributed by atoms with Gasteiger partial charge < -0.3 is 4.90 Å². The Morgan fingerprint density at radius 1 is 1.60 bits per heavy atom. The van der Waals surface area contributed by atoms with Gasteiger partial charge in [0, 0.05) is 30.7 Å². The molecule has 0 bridgehead atoms. The zero-order valence-electron chi connectivity index (χ0n) is 11.1. The number of rotatable bonds is 6. The monoisotopic (exact) mass is 291 g/mol. The summed E-state index contributed by atoms with van der Waals surface area (Å²) in [5.41, 5.74) is 9.21. The Morgan fingerprint density at radius 3 is 3.00 bits per heavy atom. The Balaban J connectivity index is 2.71. The number of hydrogen-bond donors (Lipinski definition) is 0. The summed E-state index contributed by atoms with van der Waals surface area (Å²) < 4.78 is 0. The first-order chi connectivity index (χ1) is 9.67. The number of aromatic nitrogens is 1. The van der Waals surface area contributed by atoms with Crippen LogP contribution in [0.1, 0.15) is 18.9 Å². The number of nitrogens with zero attached hydrogens (tertiary/aromatic N) is 7. The minimum absolute atomic E-state index is 0.408. The highest BCUT2D eigenvalue weighted by atomic mass is 35.5. The molecule has 0 atom stereocenters. The van der Waals surface area contributed by atoms with E-state index in [2.05, 4.69) is 20.0 Å². The highest BCUT2D eigenvalue weighted by Gasteiger charge is 2.08. The lowest BCUT2D eigenvalue weighted by Crippen LogP contribution is -2.29. The number of aliphatic imine (C=N–C) groups is 1. The van der Waals surface area contributed by atoms with Gasteiger partial charge >= 0.3 is 0 Å². The third-order valence-corrected chi connectivity index (χ3v) is 2.80. The number of pyridine rings is 1. The molecule has 0 amide bonds. The Bertz CT molecular complexity index is 540. The van der Waals surface area contributed by atoms with Gasteiger partial charge in [-0.3, -0.25) is 0 Å². The molecule has 0 saturated carbocycles. The largest absolute Gasteiger partial charge is 0.355 e. The molecular formula is C12H14ClN7. The van der Waals surface area contributed by atoms with Gasteiger partial charge in [0.1, 0.15) is 11.0 Å². The molecule has 1 aromatic heterocycles. The van der Waals surface area contributed by atoms with Crippen molar-refractivity contribution in [1.82, 2.24) is 9.88 Å². The minimum atomic E-state index is 0.408. The summed E-state index contributed by atoms with van der Waals surface area (Å²) in [5, 5.41) is 12.6. The van der Waals surface area contributed by atoms with Gasteiger partial charge in [-0.25, -0.2) is 4.98 Å². The molecule has 0 aliphatic heterocycles. The van der Waals surface area contributed by atoms with Crippen LogP contribution in [0, 0.1) is 11.5 Å². The summed E-state index contributed by atoms with van der Waals surface area (Å²) in [7, 11) is 0. The first-order valence-electron chi connectivity index (χ1n) is 5.97. The van der Waals surface area contributed by atoms with Crippen LogP contribution in [0.5, 0.6) is 0 Å². The number of hydrogen-bond acceptors (Lipinski definition) is 4. The normalized spacial score (nSPS) is 10.6. The lowest BCUT2D eigenvalue weighted by atomic mass is 10.2. The molecule has 0 N–H and O–H groups in total. The minimum Gasteiger partial charge on any atom is -0.355 e. The van der Waals surface area contributed by atoms with Crippen LogP contribution in [-0.2, 0) is 6.54 Å². The number of nitriles is 1. The first kappa shape index (κ1) is 15.8. The van der Waals surface area contributed by atoms with Crippen LogP contribution >= 0.6 is 11.6 Å². The molecule has 0 saturated heterocycles. The summed E-state index contributed by atoms with van der Waals surface area (Å²) in [6, 6.07) is 3.58. The topological polar surface area (TPSA) is 101 Å². The third kappa shape index (κ3) is 5.57. The average Bonchev–Trinajstić information content (AvgIpc) is 2.44. The molecule has 0 aliphatic carbocycles. The second kappa shape index (κ2) is 8.75. The number of amidine groups is 1. The average molecular weight is 292 g/mol. The van der Waals surface area contributed by atoms with Gasteiger partial charge in [-0.1, -0.05) is 22.8 Å². The quantitative estimate of drug-likeness (QED) is 0.118. The summed E-state index contributed by atoms with van der Waals surface area (Å²) >= 11 is 5.74. The molecule has 0 fully saturated rings. The van der Waals surface area contributed by atoms with Crippen molar-refractivity contribution in [1.29, 1.82) is 5.26 Å². The fourth-order valence-corrected chi connectivity index (χ4v) is 1.71. The molecule has 7 nitrogen and oxygen atoms in total. The predicted octanol–water partition coefficient (Wildman–Crippen LogP) is 3.14. The van der Waals surface area contributed by atoms with Gasteiger partial charge in [0.05, 0.1) is 0 Å². The van der Waals surface area contributed by atoms with Gasteiger partial charge in [0.2, 0.25) is 6.19 Å². The summed E-state index contributed by atoms with van der Waals surface area (Å²) in [5.74, 6) is 0.614. The fourth-order valence-electron chi connectivity index (χ4n) is 1.60. The lowest BCUT2D eigenvalue weighted by molar-refractivity contribution is 0.404. The molecule has 104 valence electrons. The van der Waals surface area contributed by atoms with E-state index in [4.69, 9.17) is 22.4 Å². The van der Waals surface area contributed by atoms with E-state index in [1.165, 1.54) is 0 Å². The van der Waals surface area contributed by atoms with E-state index in [-0.39, 0.29) is 0 Å². The van der Waals surface area contributed by atoms with E-state index in [0.717, 1.165) is 5.56 Å². The van der Waals surface area contributed by atoms with E-state index in [9.17, 15) is 0 Å². The smallest absolute Gasteiger partial charge is 0.207 e. The standard InChI is InChI=1S/C12H14ClN7/c1-10(17-9-14)20(6-2-5-18-19-15)8-11-3-4-12(13)16-7-11/h3-4,7H,2,5-6,8H2,1H3. The third-order valence-electron chi connectivity index (χ3n) is 2.58. The molecule has 8 heteroatoms. The Labute approximate surface area is 122 Å². The van der Waals surface area contributed by atoms with Crippen molar-refractivity contribution in [2.75, 3.05) is 13.1 Å². The van der Waals surface area contributed by atoms with E-state index in [1.54, 1.807) is 25.4 Å². The van der Waals surface area contributed by atoms with E-state index < -0.39 is 0 Å². The summed E-state index contributed by atoms with van der Waals surface area (Å²) in [6.07, 6.45) is 4.14. The molecule has 20 heavy (non-hydrogen) atoms. The Kier molecular flexibility index (Phi) is 6.90. The molecule has 1 rings (SSSR count). The predicted molar refractivity (Wildman–Crippen MR) is 77.0 cm³/mol. The molecule has 0 spiro atoms. The highest BCUT2D eigenvalue weighted by molar-refractivity contribution is 6.29. The van der Waals surface area contributed by atoms with Crippen molar-refractivity contribution in [3.8, 4) is 6.19 Å². The maximum Gasteiger partial charge on any atom is 0.207 e. The summed E-state index contributed by atoms with van der Waals surface area (Å²) in [4.78, 5) is 12.4. The maximum absolute atomic E-state index is 8.64. The van der Waals surface area contributed by atoms with Crippen LogP contribution in [0.25, 0.3) is 10.4 Å².